The molecule has 21 heavy (non-hydrogen) atoms. The third-order valence-electron chi connectivity index (χ3n) is 4.13. The lowest BCUT2D eigenvalue weighted by Crippen LogP contribution is -2.36. The predicted octanol–water partition coefficient (Wildman–Crippen LogP) is 3.52. The highest BCUT2D eigenvalue weighted by Crippen LogP contribution is 2.35. The molecule has 0 saturated heterocycles. The Bertz CT molecular complexity index is 928. The van der Waals surface area contributed by atoms with Gasteiger partial charge < -0.3 is 4.42 Å². The Morgan fingerprint density at radius 1 is 1.24 bits per heavy atom. The third-order valence-corrected chi connectivity index (χ3v) is 4.13. The van der Waals surface area contributed by atoms with Crippen molar-refractivity contribution in [1.29, 1.82) is 0 Å². The Morgan fingerprint density at radius 3 is 3.00 bits per heavy atom. The van der Waals surface area contributed by atoms with Gasteiger partial charge in [-0.3, -0.25) is 4.99 Å². The standard InChI is InChI=1S/C18H13NO2/c1-18(9-4-6-12-8-10-19-16(12)18)14-11-13-5-2-3-7-15(13)21-17(14)20/h2-11H,1H3. The number of benzene rings is 1. The summed E-state index contributed by atoms with van der Waals surface area (Å²) in [6.45, 7) is 2.00. The van der Waals surface area contributed by atoms with Gasteiger partial charge >= 0.3 is 5.63 Å². The van der Waals surface area contributed by atoms with Crippen molar-refractivity contribution in [2.45, 2.75) is 12.3 Å². The predicted molar refractivity (Wildman–Crippen MR) is 83.6 cm³/mol. The van der Waals surface area contributed by atoms with Crippen molar-refractivity contribution in [3.63, 3.8) is 0 Å². The molecule has 0 N–H and O–H groups in total. The van der Waals surface area contributed by atoms with Gasteiger partial charge in [0, 0.05) is 11.6 Å². The molecule has 0 radical (unpaired) electrons. The van der Waals surface area contributed by atoms with Gasteiger partial charge in [-0.1, -0.05) is 36.4 Å². The van der Waals surface area contributed by atoms with Crippen LogP contribution in [0.2, 0.25) is 0 Å². The van der Waals surface area contributed by atoms with Crippen LogP contribution in [-0.4, -0.2) is 5.71 Å². The minimum absolute atomic E-state index is 0.309. The summed E-state index contributed by atoms with van der Waals surface area (Å²) in [5.41, 5.74) is 2.30. The van der Waals surface area contributed by atoms with Crippen molar-refractivity contribution in [1.82, 2.24) is 0 Å². The average molecular weight is 275 g/mol. The molecule has 0 amide bonds. The summed E-state index contributed by atoms with van der Waals surface area (Å²) < 4.78 is 5.48. The zero-order valence-corrected chi connectivity index (χ0v) is 11.5. The van der Waals surface area contributed by atoms with E-state index < -0.39 is 5.41 Å². The minimum atomic E-state index is -0.557. The number of aliphatic imine (C=N–C) groups is 1. The first-order chi connectivity index (χ1) is 10.2. The van der Waals surface area contributed by atoms with Crippen molar-refractivity contribution in [2.75, 3.05) is 0 Å². The normalized spacial score (nSPS) is 23.1. The molecule has 1 aliphatic heterocycles. The maximum atomic E-state index is 12.4. The van der Waals surface area contributed by atoms with Gasteiger partial charge in [-0.15, -0.1) is 0 Å². The molecule has 1 aromatic carbocycles. The van der Waals surface area contributed by atoms with Gasteiger partial charge in [-0.05, 0) is 30.7 Å². The fraction of sp³-hybridized carbons (Fsp3) is 0.111. The maximum Gasteiger partial charge on any atom is 0.340 e. The summed E-state index contributed by atoms with van der Waals surface area (Å²) in [5, 5.41) is 0.921. The largest absolute Gasteiger partial charge is 0.422 e. The molecule has 2 heterocycles. The molecule has 1 aliphatic carbocycles. The number of hydrogen-bond donors (Lipinski definition) is 0. The number of para-hydroxylation sites is 1. The molecule has 2 aliphatic rings. The monoisotopic (exact) mass is 275 g/mol. The molecule has 102 valence electrons. The Labute approximate surface area is 121 Å². The molecule has 3 nitrogen and oxygen atoms in total. The first-order valence-electron chi connectivity index (χ1n) is 6.86. The second-order valence-electron chi connectivity index (χ2n) is 5.46. The molecular formula is C18H13NO2. The van der Waals surface area contributed by atoms with Crippen LogP contribution in [0.25, 0.3) is 11.0 Å². The molecule has 3 heteroatoms. The Morgan fingerprint density at radius 2 is 2.10 bits per heavy atom. The fourth-order valence-corrected chi connectivity index (χ4v) is 2.98. The van der Waals surface area contributed by atoms with Gasteiger partial charge in [0.1, 0.15) is 5.58 Å². The number of nitrogens with zero attached hydrogens (tertiary/aromatic N) is 1. The van der Waals surface area contributed by atoms with E-state index in [0.717, 1.165) is 16.7 Å². The van der Waals surface area contributed by atoms with E-state index in [9.17, 15) is 4.79 Å². The molecule has 0 spiro atoms. The van der Waals surface area contributed by atoms with Gasteiger partial charge in [0.25, 0.3) is 0 Å². The zero-order valence-electron chi connectivity index (χ0n) is 11.5. The molecular weight excluding hydrogens is 262 g/mol. The SMILES string of the molecule is CC1(c2cc3ccccc3oc2=O)C=CC=C2C=CN=C21. The van der Waals surface area contributed by atoms with E-state index >= 15 is 0 Å². The maximum absolute atomic E-state index is 12.4. The van der Waals surface area contributed by atoms with E-state index in [0.29, 0.717) is 11.1 Å². The van der Waals surface area contributed by atoms with Crippen molar-refractivity contribution in [3.05, 3.63) is 82.4 Å². The summed E-state index contributed by atoms with van der Waals surface area (Å²) >= 11 is 0. The fourth-order valence-electron chi connectivity index (χ4n) is 2.98. The molecule has 1 aromatic heterocycles. The quantitative estimate of drug-likeness (QED) is 0.747. The van der Waals surface area contributed by atoms with Crippen molar-refractivity contribution < 1.29 is 4.42 Å². The van der Waals surface area contributed by atoms with Crippen LogP contribution >= 0.6 is 0 Å². The van der Waals surface area contributed by atoms with E-state index in [4.69, 9.17) is 4.42 Å². The van der Waals surface area contributed by atoms with Gasteiger partial charge in [0.2, 0.25) is 0 Å². The van der Waals surface area contributed by atoms with Crippen molar-refractivity contribution >= 4 is 16.7 Å². The highest BCUT2D eigenvalue weighted by molar-refractivity contribution is 6.13. The van der Waals surface area contributed by atoms with Gasteiger partial charge in [0.05, 0.1) is 16.7 Å². The summed E-state index contributed by atoms with van der Waals surface area (Å²) in [4.78, 5) is 16.9. The lowest BCUT2D eigenvalue weighted by atomic mass is 9.73. The minimum Gasteiger partial charge on any atom is -0.422 e. The molecule has 1 atom stereocenters. The van der Waals surface area contributed by atoms with Crippen molar-refractivity contribution in [2.24, 2.45) is 4.99 Å². The van der Waals surface area contributed by atoms with E-state index in [1.165, 1.54) is 0 Å². The van der Waals surface area contributed by atoms with E-state index in [-0.39, 0.29) is 5.63 Å². The first kappa shape index (κ1) is 12.1. The Balaban J connectivity index is 1.98. The van der Waals surface area contributed by atoms with E-state index in [1.807, 2.05) is 55.5 Å². The second kappa shape index (κ2) is 4.16. The van der Waals surface area contributed by atoms with Gasteiger partial charge in [0.15, 0.2) is 0 Å². The molecule has 1 unspecified atom stereocenters. The lowest BCUT2D eigenvalue weighted by molar-refractivity contribution is 0.540. The molecule has 0 bridgehead atoms. The molecule has 2 aromatic rings. The summed E-state index contributed by atoms with van der Waals surface area (Å²) in [6.07, 6.45) is 9.71. The Hall–Kier alpha value is -2.68. The van der Waals surface area contributed by atoms with Crippen LogP contribution in [-0.2, 0) is 5.41 Å². The zero-order chi connectivity index (χ0) is 14.4. The molecule has 0 saturated carbocycles. The number of rotatable bonds is 1. The number of fused-ring (bicyclic) bond motifs is 2. The summed E-state index contributed by atoms with van der Waals surface area (Å²) in [5.74, 6) is 0. The second-order valence-corrected chi connectivity index (χ2v) is 5.46. The summed E-state index contributed by atoms with van der Waals surface area (Å²) in [6, 6.07) is 9.46. The smallest absolute Gasteiger partial charge is 0.340 e. The molecule has 0 fully saturated rings. The first-order valence-corrected chi connectivity index (χ1v) is 6.86. The van der Waals surface area contributed by atoms with Gasteiger partial charge in [-0.25, -0.2) is 4.79 Å². The summed E-state index contributed by atoms with van der Waals surface area (Å²) in [7, 11) is 0. The van der Waals surface area contributed by atoms with Crippen LogP contribution in [0.3, 0.4) is 0 Å². The van der Waals surface area contributed by atoms with E-state index in [1.54, 1.807) is 12.3 Å². The average Bonchev–Trinajstić information content (AvgIpc) is 2.97. The lowest BCUT2D eigenvalue weighted by Gasteiger charge is -2.28. The van der Waals surface area contributed by atoms with Crippen LogP contribution < -0.4 is 5.63 Å². The Kier molecular flexibility index (Phi) is 2.39. The number of allylic oxidation sites excluding steroid dienone is 5. The van der Waals surface area contributed by atoms with Crippen LogP contribution in [0.1, 0.15) is 12.5 Å². The number of hydrogen-bond acceptors (Lipinski definition) is 3. The van der Waals surface area contributed by atoms with Crippen LogP contribution in [0.15, 0.2) is 80.6 Å². The third kappa shape index (κ3) is 1.67. The van der Waals surface area contributed by atoms with Crippen LogP contribution in [0, 0.1) is 0 Å². The molecule has 4 rings (SSSR count). The highest BCUT2D eigenvalue weighted by atomic mass is 16.4. The van der Waals surface area contributed by atoms with Crippen LogP contribution in [0.5, 0.6) is 0 Å². The van der Waals surface area contributed by atoms with Crippen molar-refractivity contribution in [3.8, 4) is 0 Å². The van der Waals surface area contributed by atoms with Gasteiger partial charge in [-0.2, -0.15) is 0 Å². The van der Waals surface area contributed by atoms with E-state index in [2.05, 4.69) is 4.99 Å². The topological polar surface area (TPSA) is 42.6 Å². The highest BCUT2D eigenvalue weighted by Gasteiger charge is 2.37. The van der Waals surface area contributed by atoms with Crippen LogP contribution in [0.4, 0.5) is 0 Å².